The summed E-state index contributed by atoms with van der Waals surface area (Å²) in [6.45, 7) is 7.28. The van der Waals surface area contributed by atoms with Gasteiger partial charge in [0.25, 0.3) is 0 Å². The van der Waals surface area contributed by atoms with Crippen molar-refractivity contribution in [2.75, 3.05) is 26.4 Å². The summed E-state index contributed by atoms with van der Waals surface area (Å²) in [6, 6.07) is 3.15. The van der Waals surface area contributed by atoms with Gasteiger partial charge in [-0.05, 0) is 51.3 Å². The number of carboxylic acid groups (broad SMARTS) is 1. The molecule has 2 N–H and O–H groups in total. The molecule has 0 fully saturated rings. The van der Waals surface area contributed by atoms with E-state index in [2.05, 4.69) is 5.32 Å². The lowest BCUT2D eigenvalue weighted by Crippen LogP contribution is -2.42. The summed E-state index contributed by atoms with van der Waals surface area (Å²) in [7, 11) is 0. The van der Waals surface area contributed by atoms with Crippen molar-refractivity contribution in [3.05, 3.63) is 23.8 Å². The fraction of sp³-hybridized carbons (Fsp3) is 0.583. The molecular weight excluding hydrogens is 478 g/mol. The Morgan fingerprint density at radius 2 is 1.53 bits per heavy atom. The van der Waals surface area contributed by atoms with Crippen LogP contribution in [0.25, 0.3) is 0 Å². The predicted molar refractivity (Wildman–Crippen MR) is 126 cm³/mol. The number of ether oxygens (including phenoxy) is 6. The summed E-state index contributed by atoms with van der Waals surface area (Å²) >= 11 is 0. The van der Waals surface area contributed by atoms with Gasteiger partial charge in [0.05, 0.1) is 19.8 Å². The number of rotatable bonds is 15. The first-order valence-corrected chi connectivity index (χ1v) is 11.8. The van der Waals surface area contributed by atoms with Gasteiger partial charge in [-0.25, -0.2) is 14.4 Å². The van der Waals surface area contributed by atoms with Gasteiger partial charge >= 0.3 is 24.4 Å². The summed E-state index contributed by atoms with van der Waals surface area (Å²) in [5.74, 6) is -1.40. The molecule has 0 radical (unpaired) electrons. The average molecular weight is 514 g/mol. The minimum atomic E-state index is -1.15. The van der Waals surface area contributed by atoms with Gasteiger partial charge < -0.3 is 38.8 Å². The first kappa shape index (κ1) is 30.5. The second kappa shape index (κ2) is 17.0. The third-order valence-electron chi connectivity index (χ3n) is 4.57. The molecule has 0 saturated heterocycles. The summed E-state index contributed by atoms with van der Waals surface area (Å²) in [5.41, 5.74) is 0.453. The van der Waals surface area contributed by atoms with E-state index < -0.39 is 36.6 Å². The lowest BCUT2D eigenvalue weighted by molar-refractivity contribution is -0.139. The van der Waals surface area contributed by atoms with Crippen LogP contribution in [0, 0.1) is 0 Å². The molecule has 0 amide bonds. The minimum Gasteiger partial charge on any atom is -0.480 e. The Balaban J connectivity index is 2.82. The maximum Gasteiger partial charge on any atom is 0.513 e. The van der Waals surface area contributed by atoms with Crippen molar-refractivity contribution < 1.29 is 52.7 Å². The third-order valence-corrected chi connectivity index (χ3v) is 4.57. The molecule has 1 aromatic carbocycles. The van der Waals surface area contributed by atoms with Crippen LogP contribution in [0.15, 0.2) is 18.2 Å². The standard InChI is InChI=1S/C24H35NO11/c1-5-8-9-12-33-24(30)34-16(4)15-25-18(21(26)27)13-17-10-11-19(35-22(28)31-6-2)20(14-17)36-23(29)32-7-3/h10-11,14,16,18,25H,5-9,12-13,15H2,1-4H3,(H,26,27)/t16?,18-/m0/s1. The van der Waals surface area contributed by atoms with Crippen LogP contribution in [0.4, 0.5) is 14.4 Å². The summed E-state index contributed by atoms with van der Waals surface area (Å²) < 4.78 is 29.7. The van der Waals surface area contributed by atoms with Crippen LogP contribution in [-0.4, -0.2) is 68.1 Å². The highest BCUT2D eigenvalue weighted by molar-refractivity contribution is 5.74. The molecule has 12 nitrogen and oxygen atoms in total. The van der Waals surface area contributed by atoms with Crippen molar-refractivity contribution >= 4 is 24.4 Å². The third kappa shape index (κ3) is 12.2. The van der Waals surface area contributed by atoms with E-state index in [0.717, 1.165) is 19.3 Å². The van der Waals surface area contributed by atoms with Crippen molar-refractivity contribution in [2.45, 2.75) is 65.5 Å². The first-order chi connectivity index (χ1) is 17.2. The van der Waals surface area contributed by atoms with Gasteiger partial charge in [-0.3, -0.25) is 4.79 Å². The molecule has 0 heterocycles. The lowest BCUT2D eigenvalue weighted by Gasteiger charge is -2.19. The van der Waals surface area contributed by atoms with Gasteiger partial charge in [-0.15, -0.1) is 0 Å². The van der Waals surface area contributed by atoms with E-state index in [-0.39, 0.29) is 44.3 Å². The Morgan fingerprint density at radius 1 is 0.889 bits per heavy atom. The van der Waals surface area contributed by atoms with Gasteiger partial charge in [0.2, 0.25) is 0 Å². The van der Waals surface area contributed by atoms with Crippen LogP contribution in [0.3, 0.4) is 0 Å². The summed E-state index contributed by atoms with van der Waals surface area (Å²) in [6.07, 6.45) is -0.836. The number of unbranched alkanes of at least 4 members (excludes halogenated alkanes) is 2. The van der Waals surface area contributed by atoms with Gasteiger partial charge in [0.1, 0.15) is 12.1 Å². The molecule has 0 saturated carbocycles. The largest absolute Gasteiger partial charge is 0.513 e. The fourth-order valence-corrected chi connectivity index (χ4v) is 2.86. The van der Waals surface area contributed by atoms with Gasteiger partial charge in [0, 0.05) is 6.54 Å². The zero-order chi connectivity index (χ0) is 26.9. The first-order valence-electron chi connectivity index (χ1n) is 11.8. The Labute approximate surface area is 210 Å². The molecule has 0 spiro atoms. The van der Waals surface area contributed by atoms with E-state index in [1.807, 2.05) is 6.92 Å². The van der Waals surface area contributed by atoms with Crippen LogP contribution in [0.1, 0.15) is 52.5 Å². The number of carboxylic acids is 1. The van der Waals surface area contributed by atoms with E-state index in [4.69, 9.17) is 28.4 Å². The predicted octanol–water partition coefficient (Wildman–Crippen LogP) is 4.07. The average Bonchev–Trinajstić information content (AvgIpc) is 2.81. The van der Waals surface area contributed by atoms with E-state index in [0.29, 0.717) is 5.56 Å². The van der Waals surface area contributed by atoms with E-state index >= 15 is 0 Å². The van der Waals surface area contributed by atoms with Crippen molar-refractivity contribution in [1.82, 2.24) is 5.32 Å². The van der Waals surface area contributed by atoms with Crippen molar-refractivity contribution in [2.24, 2.45) is 0 Å². The molecule has 1 aromatic rings. The molecular formula is C24H35NO11. The number of nitrogens with one attached hydrogen (secondary N) is 1. The Kier molecular flexibility index (Phi) is 14.4. The van der Waals surface area contributed by atoms with Crippen LogP contribution in [-0.2, 0) is 30.2 Å². The lowest BCUT2D eigenvalue weighted by atomic mass is 10.0. The maximum atomic E-state index is 11.8. The van der Waals surface area contributed by atoms with E-state index in [1.54, 1.807) is 20.8 Å². The molecule has 202 valence electrons. The quantitative estimate of drug-likeness (QED) is 0.150. The van der Waals surface area contributed by atoms with Crippen LogP contribution >= 0.6 is 0 Å². The van der Waals surface area contributed by atoms with Crippen molar-refractivity contribution in [3.8, 4) is 11.5 Å². The van der Waals surface area contributed by atoms with Gasteiger partial charge in [-0.2, -0.15) is 0 Å². The molecule has 0 aliphatic heterocycles. The molecule has 0 aromatic heterocycles. The van der Waals surface area contributed by atoms with Crippen LogP contribution in [0.2, 0.25) is 0 Å². The van der Waals surface area contributed by atoms with Crippen LogP contribution < -0.4 is 14.8 Å². The highest BCUT2D eigenvalue weighted by Crippen LogP contribution is 2.30. The SMILES string of the molecule is CCCCCOC(=O)OC(C)CN[C@@H](Cc1ccc(OC(=O)OCC)c(OC(=O)OCC)c1)C(=O)O. The molecule has 0 aliphatic carbocycles. The number of hydrogen-bond donors (Lipinski definition) is 2. The van der Waals surface area contributed by atoms with E-state index in [1.165, 1.54) is 18.2 Å². The molecule has 0 bridgehead atoms. The number of carbonyl (C=O) groups is 4. The zero-order valence-corrected chi connectivity index (χ0v) is 21.1. The topological polar surface area (TPSA) is 156 Å². The fourth-order valence-electron chi connectivity index (χ4n) is 2.86. The van der Waals surface area contributed by atoms with Gasteiger partial charge in [0.15, 0.2) is 11.5 Å². The molecule has 1 rings (SSSR count). The van der Waals surface area contributed by atoms with Crippen molar-refractivity contribution in [1.29, 1.82) is 0 Å². The van der Waals surface area contributed by atoms with Crippen molar-refractivity contribution in [3.63, 3.8) is 0 Å². The van der Waals surface area contributed by atoms with Gasteiger partial charge in [-0.1, -0.05) is 25.8 Å². The second-order valence-corrected chi connectivity index (χ2v) is 7.59. The Morgan fingerprint density at radius 3 is 2.11 bits per heavy atom. The normalized spacial score (nSPS) is 12.1. The second-order valence-electron chi connectivity index (χ2n) is 7.59. The molecule has 36 heavy (non-hydrogen) atoms. The zero-order valence-electron chi connectivity index (χ0n) is 21.1. The number of carbonyl (C=O) groups excluding carboxylic acids is 3. The Bertz CT molecular complexity index is 858. The molecule has 0 aliphatic rings. The molecule has 12 heteroatoms. The summed E-state index contributed by atoms with van der Waals surface area (Å²) in [4.78, 5) is 47.0. The number of aliphatic carboxylic acids is 1. The molecule has 1 unspecified atom stereocenters. The Hall–Kier alpha value is -3.54. The van der Waals surface area contributed by atoms with E-state index in [9.17, 15) is 24.3 Å². The summed E-state index contributed by atoms with van der Waals surface area (Å²) in [5, 5.41) is 12.5. The number of benzene rings is 1. The van der Waals surface area contributed by atoms with Crippen LogP contribution in [0.5, 0.6) is 11.5 Å². The number of hydrogen-bond acceptors (Lipinski definition) is 11. The minimum absolute atomic E-state index is 0.0254. The smallest absolute Gasteiger partial charge is 0.480 e. The highest BCUT2D eigenvalue weighted by Gasteiger charge is 2.22. The maximum absolute atomic E-state index is 11.8. The molecule has 2 atom stereocenters. The monoisotopic (exact) mass is 513 g/mol. The highest BCUT2D eigenvalue weighted by atomic mass is 16.7.